The van der Waals surface area contributed by atoms with E-state index in [0.29, 0.717) is 21.4 Å². The molecule has 0 aliphatic carbocycles. The van der Waals surface area contributed by atoms with Crippen LogP contribution in [0.1, 0.15) is 0 Å². The molecule has 16 heteroatoms. The molecule has 0 radical (unpaired) electrons. The van der Waals surface area contributed by atoms with Crippen LogP contribution >= 0.6 is 46.6 Å². The second-order valence-electron chi connectivity index (χ2n) is 8.28. The van der Waals surface area contributed by atoms with Crippen LogP contribution in [-0.4, -0.2) is 71.8 Å². The van der Waals surface area contributed by atoms with E-state index in [9.17, 15) is 19.5 Å². The number of β-lactam (4-membered cyclic amide) rings is 1. The van der Waals surface area contributed by atoms with Crippen LogP contribution in [0.15, 0.2) is 54.0 Å². The van der Waals surface area contributed by atoms with Gasteiger partial charge in [-0.2, -0.15) is 0 Å². The maximum absolute atomic E-state index is 12.9. The zero-order chi connectivity index (χ0) is 27.7. The molecular formula is C23H17Cl3N6O6S. The van der Waals surface area contributed by atoms with Crippen LogP contribution in [-0.2, 0) is 20.9 Å². The Hall–Kier alpha value is -3.52. The number of carboxylic acids is 1. The molecule has 5 rings (SSSR count). The molecule has 2 aliphatic heterocycles. The standard InChI is InChI=1S/C23H17Cl3N6O6S/c24-12-1-3-15(14(26)5-12)38-16-4-2-13(25)6-17(16)37-8-11-9-39-22-19(21(34)32(22)20(11)23(35)36)28-18(33)7-31-10-27-29-30-31/h1-6,10,19,22H,7-9H2,(H,28,33)(H,35,36)/t19-,22?/m1/s1. The summed E-state index contributed by atoms with van der Waals surface area (Å²) in [6, 6.07) is 8.56. The number of rotatable bonds is 9. The zero-order valence-corrected chi connectivity index (χ0v) is 22.7. The SMILES string of the molecule is O=C(Cn1cnnn1)N[C@@H]1C(=O)N2C(C(=O)O)=C(COc3cc(Cl)ccc3Oc3ccc(Cl)cc3Cl)CSC12. The highest BCUT2D eigenvalue weighted by atomic mass is 35.5. The number of carboxylic acid groups (broad SMARTS) is 1. The van der Waals surface area contributed by atoms with E-state index < -0.39 is 29.2 Å². The normalized spacial score (nSPS) is 18.3. The Morgan fingerprint density at radius 1 is 1.10 bits per heavy atom. The van der Waals surface area contributed by atoms with Crippen LogP contribution < -0.4 is 14.8 Å². The molecule has 1 aromatic heterocycles. The average molecular weight is 612 g/mol. The Morgan fingerprint density at radius 3 is 2.54 bits per heavy atom. The van der Waals surface area contributed by atoms with Crippen LogP contribution in [0.4, 0.5) is 0 Å². The number of benzene rings is 2. The van der Waals surface area contributed by atoms with E-state index in [1.54, 1.807) is 24.3 Å². The minimum atomic E-state index is -1.29. The van der Waals surface area contributed by atoms with Crippen molar-refractivity contribution in [3.8, 4) is 17.2 Å². The van der Waals surface area contributed by atoms with Crippen molar-refractivity contribution in [2.24, 2.45) is 0 Å². The molecule has 39 heavy (non-hydrogen) atoms. The molecule has 1 fully saturated rings. The van der Waals surface area contributed by atoms with Gasteiger partial charge in [-0.05, 0) is 40.8 Å². The van der Waals surface area contributed by atoms with Gasteiger partial charge in [-0.1, -0.05) is 34.8 Å². The number of carbonyl (C=O) groups excluding carboxylic acids is 2. The van der Waals surface area contributed by atoms with Gasteiger partial charge in [0, 0.05) is 27.4 Å². The molecule has 2 N–H and O–H groups in total. The molecular weight excluding hydrogens is 595 g/mol. The Kier molecular flexibility index (Phi) is 7.84. The van der Waals surface area contributed by atoms with E-state index in [1.807, 2.05) is 0 Å². The van der Waals surface area contributed by atoms with E-state index in [0.717, 1.165) is 4.90 Å². The minimum absolute atomic E-state index is 0.160. The molecule has 2 atom stereocenters. The highest BCUT2D eigenvalue weighted by molar-refractivity contribution is 8.00. The second kappa shape index (κ2) is 11.3. The van der Waals surface area contributed by atoms with E-state index in [2.05, 4.69) is 20.8 Å². The Balaban J connectivity index is 1.30. The third-order valence-corrected chi connectivity index (χ3v) is 7.79. The molecule has 1 unspecified atom stereocenters. The van der Waals surface area contributed by atoms with Gasteiger partial charge in [0.2, 0.25) is 5.91 Å². The van der Waals surface area contributed by atoms with Gasteiger partial charge in [-0.25, -0.2) is 9.48 Å². The molecule has 12 nitrogen and oxygen atoms in total. The summed E-state index contributed by atoms with van der Waals surface area (Å²) in [5.74, 6) is -1.22. The van der Waals surface area contributed by atoms with E-state index in [1.165, 1.54) is 34.9 Å². The number of ether oxygens (including phenoxy) is 2. The predicted octanol–water partition coefficient (Wildman–Crippen LogP) is 3.24. The molecule has 1 saturated heterocycles. The van der Waals surface area contributed by atoms with Crippen molar-refractivity contribution in [1.29, 1.82) is 0 Å². The fourth-order valence-electron chi connectivity index (χ4n) is 3.93. The predicted molar refractivity (Wildman–Crippen MR) is 141 cm³/mol. The summed E-state index contributed by atoms with van der Waals surface area (Å²) in [6.45, 7) is -0.341. The largest absolute Gasteiger partial charge is 0.485 e. The lowest BCUT2D eigenvalue weighted by molar-refractivity contribution is -0.150. The number of fused-ring (bicyclic) bond motifs is 1. The van der Waals surface area contributed by atoms with Crippen LogP contribution in [0, 0.1) is 0 Å². The fraction of sp³-hybridized carbons (Fsp3) is 0.217. The minimum Gasteiger partial charge on any atom is -0.485 e. The van der Waals surface area contributed by atoms with Crippen molar-refractivity contribution in [1.82, 2.24) is 30.4 Å². The molecule has 0 saturated carbocycles. The number of hydrogen-bond donors (Lipinski definition) is 2. The van der Waals surface area contributed by atoms with E-state index in [4.69, 9.17) is 44.3 Å². The summed E-state index contributed by atoms with van der Waals surface area (Å²) in [4.78, 5) is 38.5. The maximum Gasteiger partial charge on any atom is 0.352 e. The summed E-state index contributed by atoms with van der Waals surface area (Å²) in [7, 11) is 0. The van der Waals surface area contributed by atoms with Crippen LogP contribution in [0.5, 0.6) is 17.2 Å². The van der Waals surface area contributed by atoms with Crippen molar-refractivity contribution >= 4 is 64.3 Å². The molecule has 3 heterocycles. The highest BCUT2D eigenvalue weighted by Crippen LogP contribution is 2.42. The smallest absolute Gasteiger partial charge is 0.352 e. The van der Waals surface area contributed by atoms with Gasteiger partial charge in [0.25, 0.3) is 5.91 Å². The first-order chi connectivity index (χ1) is 18.7. The quantitative estimate of drug-likeness (QED) is 0.345. The van der Waals surface area contributed by atoms with Crippen LogP contribution in [0.3, 0.4) is 0 Å². The van der Waals surface area contributed by atoms with E-state index >= 15 is 0 Å². The zero-order valence-electron chi connectivity index (χ0n) is 19.6. The summed E-state index contributed by atoms with van der Waals surface area (Å²) in [5, 5.41) is 23.6. The molecule has 0 spiro atoms. The summed E-state index contributed by atoms with van der Waals surface area (Å²) >= 11 is 19.6. The topological polar surface area (TPSA) is 149 Å². The number of aliphatic carboxylic acids is 1. The first-order valence-corrected chi connectivity index (χ1v) is 13.3. The third-order valence-electron chi connectivity index (χ3n) is 5.68. The lowest BCUT2D eigenvalue weighted by atomic mass is 10.0. The molecule has 202 valence electrons. The number of carbonyl (C=O) groups is 3. The van der Waals surface area contributed by atoms with E-state index in [-0.39, 0.29) is 41.1 Å². The molecule has 2 amide bonds. The fourth-order valence-corrected chi connectivity index (χ4v) is 5.87. The number of thioether (sulfide) groups is 1. The Morgan fingerprint density at radius 2 is 1.85 bits per heavy atom. The van der Waals surface area contributed by atoms with Gasteiger partial charge >= 0.3 is 5.97 Å². The Bertz CT molecular complexity index is 1490. The van der Waals surface area contributed by atoms with Gasteiger partial charge in [0.15, 0.2) is 11.5 Å². The van der Waals surface area contributed by atoms with Gasteiger partial charge < -0.3 is 19.9 Å². The van der Waals surface area contributed by atoms with Crippen molar-refractivity contribution < 1.29 is 29.0 Å². The van der Waals surface area contributed by atoms with Crippen molar-refractivity contribution in [3.05, 3.63) is 69.1 Å². The number of tetrazole rings is 1. The summed E-state index contributed by atoms with van der Waals surface area (Å²) in [6.07, 6.45) is 1.27. The average Bonchev–Trinajstić information content (AvgIpc) is 3.41. The molecule has 2 aliphatic rings. The number of hydrogen-bond acceptors (Lipinski definition) is 9. The summed E-state index contributed by atoms with van der Waals surface area (Å²) in [5.41, 5.74) is 0.172. The van der Waals surface area contributed by atoms with Crippen molar-refractivity contribution in [2.45, 2.75) is 18.0 Å². The maximum atomic E-state index is 12.9. The lowest BCUT2D eigenvalue weighted by Crippen LogP contribution is -2.70. The van der Waals surface area contributed by atoms with Crippen LogP contribution in [0.25, 0.3) is 0 Å². The second-order valence-corrected chi connectivity index (χ2v) is 10.7. The van der Waals surface area contributed by atoms with Crippen molar-refractivity contribution in [2.75, 3.05) is 12.4 Å². The van der Waals surface area contributed by atoms with Gasteiger partial charge in [0.1, 0.15) is 42.3 Å². The first kappa shape index (κ1) is 27.1. The molecule has 0 bridgehead atoms. The van der Waals surface area contributed by atoms with Crippen molar-refractivity contribution in [3.63, 3.8) is 0 Å². The monoisotopic (exact) mass is 610 g/mol. The third kappa shape index (κ3) is 5.76. The Labute approximate surface area is 239 Å². The van der Waals surface area contributed by atoms with Gasteiger partial charge in [-0.3, -0.25) is 14.5 Å². The lowest BCUT2D eigenvalue weighted by Gasteiger charge is -2.49. The number of nitrogens with zero attached hydrogens (tertiary/aromatic N) is 5. The first-order valence-electron chi connectivity index (χ1n) is 11.2. The van der Waals surface area contributed by atoms with Gasteiger partial charge in [-0.15, -0.1) is 16.9 Å². The number of aromatic nitrogens is 4. The summed E-state index contributed by atoms with van der Waals surface area (Å²) < 4.78 is 13.0. The number of halogens is 3. The van der Waals surface area contributed by atoms with Gasteiger partial charge in [0.05, 0.1) is 5.02 Å². The molecule has 2 aromatic carbocycles. The highest BCUT2D eigenvalue weighted by Gasteiger charge is 2.54. The number of amides is 2. The number of nitrogens with one attached hydrogen (secondary N) is 1. The molecule has 3 aromatic rings. The van der Waals surface area contributed by atoms with Crippen LogP contribution in [0.2, 0.25) is 15.1 Å².